The number of anilines is 1. The monoisotopic (exact) mass is 295 g/mol. The highest BCUT2D eigenvalue weighted by Crippen LogP contribution is 2.40. The second kappa shape index (κ2) is 3.95. The summed E-state index contributed by atoms with van der Waals surface area (Å²) >= 11 is 0. The second-order valence-corrected chi connectivity index (χ2v) is 6.82. The molecule has 0 radical (unpaired) electrons. The predicted octanol–water partition coefficient (Wildman–Crippen LogP) is -0.109. The van der Waals surface area contributed by atoms with Crippen molar-refractivity contribution < 1.29 is 18.0 Å². The molecule has 2 heterocycles. The Kier molecular flexibility index (Phi) is 2.55. The number of benzene rings is 1. The van der Waals surface area contributed by atoms with Crippen LogP contribution in [0.5, 0.6) is 0 Å². The number of nitrogens with one attached hydrogen (secondary N) is 2. The van der Waals surface area contributed by atoms with Gasteiger partial charge in [0.05, 0.1) is 11.9 Å². The summed E-state index contributed by atoms with van der Waals surface area (Å²) in [4.78, 5) is 23.6. The minimum absolute atomic E-state index is 0.142. The van der Waals surface area contributed by atoms with Crippen LogP contribution in [0, 0.1) is 0 Å². The van der Waals surface area contributed by atoms with Gasteiger partial charge >= 0.3 is 6.03 Å². The maximum absolute atomic E-state index is 12.1. The Balaban J connectivity index is 2.20. The quantitative estimate of drug-likeness (QED) is 0.707. The highest BCUT2D eigenvalue weighted by molar-refractivity contribution is 7.92. The molecule has 0 bridgehead atoms. The van der Waals surface area contributed by atoms with Crippen LogP contribution >= 0.6 is 0 Å². The summed E-state index contributed by atoms with van der Waals surface area (Å²) < 4.78 is 24.9. The summed E-state index contributed by atoms with van der Waals surface area (Å²) in [5.74, 6) is -0.442. The highest BCUT2D eigenvalue weighted by Gasteiger charge is 2.52. The molecule has 1 atom stereocenters. The molecule has 1 fully saturated rings. The molecular formula is C12H13N3O4S. The molecule has 0 aliphatic carbocycles. The van der Waals surface area contributed by atoms with Gasteiger partial charge in [-0.3, -0.25) is 14.4 Å². The fourth-order valence-corrected chi connectivity index (χ4v) is 3.72. The van der Waals surface area contributed by atoms with E-state index in [0.717, 1.165) is 6.26 Å². The van der Waals surface area contributed by atoms with E-state index in [-0.39, 0.29) is 13.0 Å². The maximum atomic E-state index is 12.1. The molecule has 8 heteroatoms. The van der Waals surface area contributed by atoms with Gasteiger partial charge in [-0.2, -0.15) is 0 Å². The molecule has 2 aliphatic heterocycles. The van der Waals surface area contributed by atoms with Crippen molar-refractivity contribution >= 4 is 27.6 Å². The minimum Gasteiger partial charge on any atom is -0.319 e. The summed E-state index contributed by atoms with van der Waals surface area (Å²) in [6, 6.07) is 6.15. The normalized spacial score (nSPS) is 25.4. The number of amides is 3. The Morgan fingerprint density at radius 2 is 1.95 bits per heavy atom. The first-order chi connectivity index (χ1) is 9.34. The van der Waals surface area contributed by atoms with Gasteiger partial charge in [0.25, 0.3) is 5.91 Å². The fourth-order valence-electron chi connectivity index (χ4n) is 2.78. The van der Waals surface area contributed by atoms with Crippen molar-refractivity contribution in [1.29, 1.82) is 0 Å². The number of urea groups is 1. The molecule has 0 saturated carbocycles. The van der Waals surface area contributed by atoms with Crippen LogP contribution in [0.2, 0.25) is 0 Å². The average molecular weight is 295 g/mol. The number of hydrogen-bond donors (Lipinski definition) is 2. The molecule has 1 aromatic rings. The lowest BCUT2D eigenvalue weighted by Crippen LogP contribution is -2.51. The van der Waals surface area contributed by atoms with Crippen molar-refractivity contribution in [3.8, 4) is 0 Å². The standard InChI is InChI=1S/C12H13N3O4S/c1-20(18,19)15-7-6-12(10(16)13-11(17)14-12)8-4-2-3-5-9(8)15/h2-5H,6-7H2,1H3,(H2,13,14,16,17). The molecule has 1 saturated heterocycles. The molecule has 1 spiro atoms. The molecule has 7 nitrogen and oxygen atoms in total. The summed E-state index contributed by atoms with van der Waals surface area (Å²) in [5.41, 5.74) is -0.242. The van der Waals surface area contributed by atoms with Crippen molar-refractivity contribution in [2.75, 3.05) is 17.1 Å². The van der Waals surface area contributed by atoms with E-state index in [0.29, 0.717) is 11.3 Å². The fraction of sp³-hybridized carbons (Fsp3) is 0.333. The zero-order valence-corrected chi connectivity index (χ0v) is 11.5. The van der Waals surface area contributed by atoms with Crippen molar-refractivity contribution in [3.63, 3.8) is 0 Å². The van der Waals surface area contributed by atoms with Crippen molar-refractivity contribution in [2.24, 2.45) is 0 Å². The smallest absolute Gasteiger partial charge is 0.319 e. The third-order valence-electron chi connectivity index (χ3n) is 3.66. The predicted molar refractivity (Wildman–Crippen MR) is 71.6 cm³/mol. The summed E-state index contributed by atoms with van der Waals surface area (Å²) in [7, 11) is -3.43. The van der Waals surface area contributed by atoms with Crippen LogP contribution in [0.1, 0.15) is 12.0 Å². The van der Waals surface area contributed by atoms with E-state index in [2.05, 4.69) is 10.6 Å². The summed E-state index contributed by atoms with van der Waals surface area (Å²) in [6.07, 6.45) is 1.32. The Bertz CT molecular complexity index is 715. The molecule has 2 N–H and O–H groups in total. The van der Waals surface area contributed by atoms with E-state index in [4.69, 9.17) is 0 Å². The first-order valence-electron chi connectivity index (χ1n) is 6.05. The van der Waals surface area contributed by atoms with Gasteiger partial charge < -0.3 is 5.32 Å². The van der Waals surface area contributed by atoms with Crippen LogP contribution in [-0.2, 0) is 20.4 Å². The molecular weight excluding hydrogens is 282 g/mol. The average Bonchev–Trinajstić information content (AvgIpc) is 2.64. The van der Waals surface area contributed by atoms with Crippen LogP contribution in [0.25, 0.3) is 0 Å². The lowest BCUT2D eigenvalue weighted by molar-refractivity contribution is -0.124. The van der Waals surface area contributed by atoms with Crippen molar-refractivity contribution in [2.45, 2.75) is 12.0 Å². The van der Waals surface area contributed by atoms with Crippen LogP contribution in [0.3, 0.4) is 0 Å². The van der Waals surface area contributed by atoms with Gasteiger partial charge in [-0.15, -0.1) is 0 Å². The number of para-hydroxylation sites is 1. The molecule has 3 amide bonds. The largest absolute Gasteiger partial charge is 0.322 e. The van der Waals surface area contributed by atoms with E-state index >= 15 is 0 Å². The number of fused-ring (bicyclic) bond motifs is 2. The Hall–Kier alpha value is -2.09. The van der Waals surface area contributed by atoms with E-state index in [1.165, 1.54) is 4.31 Å². The van der Waals surface area contributed by atoms with Gasteiger partial charge in [0, 0.05) is 18.5 Å². The molecule has 1 unspecified atom stereocenters. The lowest BCUT2D eigenvalue weighted by atomic mass is 9.83. The molecule has 3 rings (SSSR count). The van der Waals surface area contributed by atoms with Crippen molar-refractivity contribution in [1.82, 2.24) is 10.6 Å². The highest BCUT2D eigenvalue weighted by atomic mass is 32.2. The van der Waals surface area contributed by atoms with Gasteiger partial charge in [-0.1, -0.05) is 18.2 Å². The van der Waals surface area contributed by atoms with Gasteiger partial charge in [0.2, 0.25) is 10.0 Å². The molecule has 1 aromatic carbocycles. The van der Waals surface area contributed by atoms with E-state index in [9.17, 15) is 18.0 Å². The number of hydrogen-bond acceptors (Lipinski definition) is 4. The van der Waals surface area contributed by atoms with Crippen LogP contribution in [-0.4, -0.2) is 33.2 Å². The zero-order valence-electron chi connectivity index (χ0n) is 10.7. The number of rotatable bonds is 1. The lowest BCUT2D eigenvalue weighted by Gasteiger charge is -2.38. The zero-order chi connectivity index (χ0) is 14.5. The number of carbonyl (C=O) groups excluding carboxylic acids is 2. The van der Waals surface area contributed by atoms with Crippen LogP contribution in [0.4, 0.5) is 10.5 Å². The van der Waals surface area contributed by atoms with E-state index in [1.54, 1.807) is 24.3 Å². The molecule has 0 aromatic heterocycles. The number of carbonyl (C=O) groups is 2. The van der Waals surface area contributed by atoms with Crippen LogP contribution in [0.15, 0.2) is 24.3 Å². The number of sulfonamides is 1. The summed E-state index contributed by atoms with van der Waals surface area (Å²) in [6.45, 7) is 0.142. The number of nitrogens with zero attached hydrogens (tertiary/aromatic N) is 1. The SMILES string of the molecule is CS(=O)(=O)N1CCC2(NC(=O)NC2=O)c2ccccc21. The van der Waals surface area contributed by atoms with E-state index in [1.807, 2.05) is 0 Å². The van der Waals surface area contributed by atoms with Crippen molar-refractivity contribution in [3.05, 3.63) is 29.8 Å². The third kappa shape index (κ3) is 1.68. The van der Waals surface area contributed by atoms with Gasteiger partial charge in [0.1, 0.15) is 5.54 Å². The first-order valence-corrected chi connectivity index (χ1v) is 7.90. The second-order valence-electron chi connectivity index (χ2n) is 4.92. The maximum Gasteiger partial charge on any atom is 0.322 e. The van der Waals surface area contributed by atoms with Gasteiger partial charge in [-0.25, -0.2) is 13.2 Å². The topological polar surface area (TPSA) is 95.6 Å². The third-order valence-corrected chi connectivity index (χ3v) is 4.84. The van der Waals surface area contributed by atoms with E-state index < -0.39 is 27.5 Å². The Morgan fingerprint density at radius 3 is 2.55 bits per heavy atom. The Morgan fingerprint density at radius 1 is 1.25 bits per heavy atom. The minimum atomic E-state index is -3.43. The van der Waals surface area contributed by atoms with Gasteiger partial charge in [0.15, 0.2) is 0 Å². The van der Waals surface area contributed by atoms with Gasteiger partial charge in [-0.05, 0) is 6.07 Å². The van der Waals surface area contributed by atoms with Crippen LogP contribution < -0.4 is 14.9 Å². The molecule has 20 heavy (non-hydrogen) atoms. The number of imide groups is 1. The first kappa shape index (κ1) is 12.9. The Labute approximate surface area is 116 Å². The molecule has 2 aliphatic rings. The molecule has 106 valence electrons. The summed E-state index contributed by atoms with van der Waals surface area (Å²) in [5, 5.41) is 4.84.